The van der Waals surface area contributed by atoms with Crippen molar-refractivity contribution in [1.82, 2.24) is 20.5 Å². The summed E-state index contributed by atoms with van der Waals surface area (Å²) in [6.45, 7) is 8.06. The van der Waals surface area contributed by atoms with E-state index in [0.717, 1.165) is 21.7 Å². The summed E-state index contributed by atoms with van der Waals surface area (Å²) in [7, 11) is 0. The first kappa shape index (κ1) is 28.7. The van der Waals surface area contributed by atoms with Crippen molar-refractivity contribution in [2.75, 3.05) is 26.3 Å². The predicted octanol–water partition coefficient (Wildman–Crippen LogP) is 1.20. The van der Waals surface area contributed by atoms with Gasteiger partial charge in [0.05, 0.1) is 28.8 Å². The Bertz CT molecular complexity index is 1080. The zero-order valence-electron chi connectivity index (χ0n) is 21.8. The van der Waals surface area contributed by atoms with E-state index in [2.05, 4.69) is 15.6 Å². The highest BCUT2D eigenvalue weighted by atomic mass is 32.1. The summed E-state index contributed by atoms with van der Waals surface area (Å²) in [6.07, 6.45) is -0.697. The Kier molecular flexibility index (Phi) is 9.77. The molecular formula is C26H37N5O5S. The number of aliphatic hydroxyl groups is 1. The lowest BCUT2D eigenvalue weighted by molar-refractivity contribution is -0.144. The molecule has 37 heavy (non-hydrogen) atoms. The van der Waals surface area contributed by atoms with Crippen LogP contribution in [0.25, 0.3) is 10.4 Å². The average molecular weight is 532 g/mol. The van der Waals surface area contributed by atoms with E-state index in [-0.39, 0.29) is 45.2 Å². The van der Waals surface area contributed by atoms with Gasteiger partial charge in [-0.05, 0) is 23.5 Å². The van der Waals surface area contributed by atoms with Crippen molar-refractivity contribution in [2.45, 2.75) is 58.8 Å². The van der Waals surface area contributed by atoms with Gasteiger partial charge in [0.1, 0.15) is 18.7 Å². The molecule has 3 atom stereocenters. The first-order chi connectivity index (χ1) is 17.5. The number of thiazole rings is 1. The van der Waals surface area contributed by atoms with Crippen LogP contribution in [0, 0.1) is 12.3 Å². The normalized spacial score (nSPS) is 18.5. The Balaban J connectivity index is 1.65. The fraction of sp³-hybridized carbons (Fsp3) is 0.538. The van der Waals surface area contributed by atoms with Crippen molar-refractivity contribution >= 4 is 29.1 Å². The molecule has 3 rings (SSSR count). The number of benzene rings is 1. The number of aliphatic hydroxyl groups excluding tert-OH is 1. The zero-order chi connectivity index (χ0) is 27.2. The Morgan fingerprint density at radius 2 is 1.97 bits per heavy atom. The van der Waals surface area contributed by atoms with E-state index in [1.165, 1.54) is 4.90 Å². The molecule has 202 valence electrons. The zero-order valence-corrected chi connectivity index (χ0v) is 22.6. The molecule has 0 spiro atoms. The molecule has 0 saturated carbocycles. The van der Waals surface area contributed by atoms with Gasteiger partial charge in [0.15, 0.2) is 0 Å². The van der Waals surface area contributed by atoms with Crippen LogP contribution in [0.1, 0.15) is 38.4 Å². The number of hydrogen-bond acceptors (Lipinski definition) is 8. The minimum Gasteiger partial charge on any atom is -0.391 e. The lowest BCUT2D eigenvalue weighted by Gasteiger charge is -2.35. The number of likely N-dealkylation sites (tertiary alicyclic amines) is 1. The second-order valence-corrected chi connectivity index (χ2v) is 11.1. The number of carbonyl (C=O) groups is 3. The molecule has 2 aromatic rings. The third kappa shape index (κ3) is 7.57. The minimum absolute atomic E-state index is 0.0198. The fourth-order valence-corrected chi connectivity index (χ4v) is 5.04. The van der Waals surface area contributed by atoms with Crippen LogP contribution in [-0.2, 0) is 25.7 Å². The summed E-state index contributed by atoms with van der Waals surface area (Å²) >= 11 is 1.58. The molecule has 11 heteroatoms. The number of aryl methyl sites for hydroxylation is 1. The molecule has 1 aliphatic rings. The van der Waals surface area contributed by atoms with Crippen molar-refractivity contribution < 1.29 is 24.2 Å². The molecule has 3 amide bonds. The lowest BCUT2D eigenvalue weighted by atomic mass is 9.85. The van der Waals surface area contributed by atoms with E-state index in [0.29, 0.717) is 0 Å². The van der Waals surface area contributed by atoms with Crippen LogP contribution in [0.15, 0.2) is 29.8 Å². The molecule has 1 fully saturated rings. The minimum atomic E-state index is -0.898. The summed E-state index contributed by atoms with van der Waals surface area (Å²) < 4.78 is 5.18. The fourth-order valence-electron chi connectivity index (χ4n) is 4.23. The van der Waals surface area contributed by atoms with E-state index >= 15 is 0 Å². The van der Waals surface area contributed by atoms with Crippen LogP contribution in [0.5, 0.6) is 0 Å². The average Bonchev–Trinajstić information content (AvgIpc) is 3.46. The molecule has 0 unspecified atom stereocenters. The molecule has 0 bridgehead atoms. The van der Waals surface area contributed by atoms with E-state index in [4.69, 9.17) is 10.5 Å². The van der Waals surface area contributed by atoms with Crippen LogP contribution >= 0.6 is 11.3 Å². The largest absolute Gasteiger partial charge is 0.391 e. The monoisotopic (exact) mass is 531 g/mol. The number of nitrogens with two attached hydrogens (primary N) is 1. The Labute approximate surface area is 221 Å². The Morgan fingerprint density at radius 1 is 1.27 bits per heavy atom. The van der Waals surface area contributed by atoms with Gasteiger partial charge >= 0.3 is 0 Å². The summed E-state index contributed by atoms with van der Waals surface area (Å²) in [4.78, 5) is 45.8. The molecule has 1 aliphatic heterocycles. The third-order valence-corrected chi connectivity index (χ3v) is 7.18. The van der Waals surface area contributed by atoms with Crippen molar-refractivity contribution in [3.8, 4) is 10.4 Å². The molecule has 1 aromatic heterocycles. The second-order valence-electron chi connectivity index (χ2n) is 10.3. The van der Waals surface area contributed by atoms with Crippen LogP contribution in [0.2, 0.25) is 0 Å². The maximum atomic E-state index is 13.5. The van der Waals surface area contributed by atoms with E-state index in [1.807, 2.05) is 57.5 Å². The SMILES string of the molecule is Cc1ncsc1-c1ccc(CNC(=O)[C@@H]2C[C@@H](O)CN2C(=O)[C@H](NC(=O)COCCN)C(C)(C)C)cc1. The van der Waals surface area contributed by atoms with Gasteiger partial charge < -0.3 is 31.1 Å². The maximum absolute atomic E-state index is 13.5. The van der Waals surface area contributed by atoms with Gasteiger partial charge in [0.25, 0.3) is 0 Å². The number of nitrogens with zero attached hydrogens (tertiary/aromatic N) is 2. The molecule has 0 radical (unpaired) electrons. The third-order valence-electron chi connectivity index (χ3n) is 6.21. The first-order valence-corrected chi connectivity index (χ1v) is 13.2. The number of amides is 3. The Hall–Kier alpha value is -2.86. The van der Waals surface area contributed by atoms with Gasteiger partial charge in [-0.25, -0.2) is 4.98 Å². The van der Waals surface area contributed by atoms with Gasteiger partial charge in [-0.2, -0.15) is 0 Å². The van der Waals surface area contributed by atoms with Gasteiger partial charge in [-0.1, -0.05) is 45.0 Å². The van der Waals surface area contributed by atoms with Crippen LogP contribution in [0.4, 0.5) is 0 Å². The molecule has 2 heterocycles. The van der Waals surface area contributed by atoms with Crippen molar-refractivity contribution in [1.29, 1.82) is 0 Å². The first-order valence-electron chi connectivity index (χ1n) is 12.3. The van der Waals surface area contributed by atoms with Crippen LogP contribution in [-0.4, -0.2) is 77.2 Å². The smallest absolute Gasteiger partial charge is 0.246 e. The molecule has 0 aliphatic carbocycles. The summed E-state index contributed by atoms with van der Waals surface area (Å²) in [5.41, 5.74) is 9.52. The van der Waals surface area contributed by atoms with E-state index in [1.54, 1.807) is 11.3 Å². The van der Waals surface area contributed by atoms with Crippen LogP contribution < -0.4 is 16.4 Å². The Morgan fingerprint density at radius 3 is 2.57 bits per heavy atom. The van der Waals surface area contributed by atoms with E-state index < -0.39 is 35.4 Å². The number of β-amino-alcohol motifs (C(OH)–C–C–N with tert-alkyl or cyclic N) is 1. The lowest BCUT2D eigenvalue weighted by Crippen LogP contribution is -2.58. The molecule has 5 N–H and O–H groups in total. The van der Waals surface area contributed by atoms with Gasteiger partial charge in [0, 0.05) is 26.1 Å². The summed E-state index contributed by atoms with van der Waals surface area (Å²) in [5.74, 6) is -1.21. The molecule has 1 saturated heterocycles. The second kappa shape index (κ2) is 12.6. The maximum Gasteiger partial charge on any atom is 0.246 e. The van der Waals surface area contributed by atoms with Gasteiger partial charge in [-0.15, -0.1) is 11.3 Å². The number of rotatable bonds is 10. The van der Waals surface area contributed by atoms with Crippen molar-refractivity contribution in [3.63, 3.8) is 0 Å². The summed E-state index contributed by atoms with van der Waals surface area (Å²) in [5, 5.41) is 15.9. The highest BCUT2D eigenvalue weighted by Gasteiger charge is 2.44. The number of hydrogen-bond donors (Lipinski definition) is 4. The quantitative estimate of drug-likeness (QED) is 0.337. The van der Waals surface area contributed by atoms with E-state index in [9.17, 15) is 19.5 Å². The highest BCUT2D eigenvalue weighted by Crippen LogP contribution is 2.28. The summed E-state index contributed by atoms with van der Waals surface area (Å²) in [6, 6.07) is 6.13. The van der Waals surface area contributed by atoms with Crippen molar-refractivity contribution in [3.05, 3.63) is 41.0 Å². The molecule has 10 nitrogen and oxygen atoms in total. The van der Waals surface area contributed by atoms with Crippen molar-refractivity contribution in [2.24, 2.45) is 11.1 Å². The predicted molar refractivity (Wildman–Crippen MR) is 142 cm³/mol. The molecular weight excluding hydrogens is 494 g/mol. The standard InChI is InChI=1S/C26H37N5O5S/c1-16-22(37-15-29-16)18-7-5-17(6-8-18)12-28-24(34)20-11-19(32)13-31(20)25(35)23(26(2,3)4)30-21(33)14-36-10-9-27/h5-8,15,19-20,23,32H,9-14,27H2,1-4H3,(H,28,34)(H,30,33)/t19-,20+,23+/m1/s1. The molecule has 1 aromatic carbocycles. The van der Waals surface area contributed by atoms with Gasteiger partial charge in [0.2, 0.25) is 17.7 Å². The van der Waals surface area contributed by atoms with Crippen LogP contribution in [0.3, 0.4) is 0 Å². The number of nitrogens with one attached hydrogen (secondary N) is 2. The number of aromatic nitrogens is 1. The topological polar surface area (TPSA) is 147 Å². The number of carbonyl (C=O) groups excluding carboxylic acids is 3. The highest BCUT2D eigenvalue weighted by molar-refractivity contribution is 7.13. The van der Waals surface area contributed by atoms with Gasteiger partial charge in [-0.3, -0.25) is 14.4 Å². The number of ether oxygens (including phenoxy) is 1.